The third-order valence-corrected chi connectivity index (χ3v) is 4.26. The molecule has 0 aromatic carbocycles. The Morgan fingerprint density at radius 3 is 2.81 bits per heavy atom. The van der Waals surface area contributed by atoms with Gasteiger partial charge in [-0.15, -0.1) is 11.3 Å². The SMILES string of the molecule is Cc1nc(CN2C(=O)N[C@@](C)(c3ccccn3)C2=O)cs1. The number of imide groups is 1. The Labute approximate surface area is 125 Å². The van der Waals surface area contributed by atoms with Crippen LogP contribution in [-0.2, 0) is 16.9 Å². The second-order valence-electron chi connectivity index (χ2n) is 5.02. The van der Waals surface area contributed by atoms with Gasteiger partial charge < -0.3 is 5.32 Å². The lowest BCUT2D eigenvalue weighted by atomic mass is 9.97. The van der Waals surface area contributed by atoms with Crippen molar-refractivity contribution in [2.24, 2.45) is 0 Å². The van der Waals surface area contributed by atoms with Crippen molar-refractivity contribution in [3.63, 3.8) is 0 Å². The molecule has 0 saturated carbocycles. The number of hydrogen-bond donors (Lipinski definition) is 1. The molecule has 1 fully saturated rings. The highest BCUT2D eigenvalue weighted by atomic mass is 32.1. The number of aryl methyl sites for hydroxylation is 1. The summed E-state index contributed by atoms with van der Waals surface area (Å²) in [7, 11) is 0. The Kier molecular flexibility index (Phi) is 3.21. The number of amides is 3. The molecule has 1 aliphatic heterocycles. The monoisotopic (exact) mass is 302 g/mol. The Balaban J connectivity index is 1.88. The molecule has 21 heavy (non-hydrogen) atoms. The van der Waals surface area contributed by atoms with Crippen molar-refractivity contribution in [2.45, 2.75) is 25.9 Å². The van der Waals surface area contributed by atoms with E-state index in [9.17, 15) is 9.59 Å². The third-order valence-electron chi connectivity index (χ3n) is 3.44. The highest BCUT2D eigenvalue weighted by Gasteiger charge is 2.49. The average Bonchev–Trinajstić information content (AvgIpc) is 2.98. The van der Waals surface area contributed by atoms with Crippen molar-refractivity contribution in [1.29, 1.82) is 0 Å². The summed E-state index contributed by atoms with van der Waals surface area (Å²) in [6, 6.07) is 4.87. The van der Waals surface area contributed by atoms with Gasteiger partial charge in [-0.1, -0.05) is 6.07 Å². The van der Waals surface area contributed by atoms with Crippen LogP contribution in [0.5, 0.6) is 0 Å². The van der Waals surface area contributed by atoms with Crippen molar-refractivity contribution in [2.75, 3.05) is 0 Å². The number of rotatable bonds is 3. The van der Waals surface area contributed by atoms with E-state index in [-0.39, 0.29) is 12.5 Å². The van der Waals surface area contributed by atoms with Gasteiger partial charge in [0.05, 0.1) is 22.9 Å². The molecule has 3 heterocycles. The largest absolute Gasteiger partial charge is 0.325 e. The summed E-state index contributed by atoms with van der Waals surface area (Å²) in [6.07, 6.45) is 1.60. The van der Waals surface area contributed by atoms with Crippen LogP contribution in [0.4, 0.5) is 4.79 Å². The number of aromatic nitrogens is 2. The third kappa shape index (κ3) is 2.29. The Morgan fingerprint density at radius 1 is 1.38 bits per heavy atom. The van der Waals surface area contributed by atoms with Gasteiger partial charge in [0.1, 0.15) is 0 Å². The van der Waals surface area contributed by atoms with Crippen LogP contribution >= 0.6 is 11.3 Å². The number of thiazole rings is 1. The zero-order chi connectivity index (χ0) is 15.0. The van der Waals surface area contributed by atoms with Gasteiger partial charge >= 0.3 is 6.03 Å². The lowest BCUT2D eigenvalue weighted by molar-refractivity contribution is -0.131. The average molecular weight is 302 g/mol. The summed E-state index contributed by atoms with van der Waals surface area (Å²) in [5.74, 6) is -0.308. The maximum atomic E-state index is 12.6. The van der Waals surface area contributed by atoms with Gasteiger partial charge in [-0.2, -0.15) is 0 Å². The van der Waals surface area contributed by atoms with Gasteiger partial charge in [0.2, 0.25) is 0 Å². The van der Waals surface area contributed by atoms with E-state index in [0.717, 1.165) is 5.01 Å². The first kappa shape index (κ1) is 13.7. The molecule has 7 heteroatoms. The predicted molar refractivity (Wildman–Crippen MR) is 77.5 cm³/mol. The molecule has 108 valence electrons. The van der Waals surface area contributed by atoms with E-state index < -0.39 is 11.6 Å². The van der Waals surface area contributed by atoms with Crippen LogP contribution in [0.2, 0.25) is 0 Å². The van der Waals surface area contributed by atoms with Crippen LogP contribution < -0.4 is 5.32 Å². The van der Waals surface area contributed by atoms with Crippen molar-refractivity contribution in [1.82, 2.24) is 20.2 Å². The van der Waals surface area contributed by atoms with Gasteiger partial charge in [0, 0.05) is 11.6 Å². The van der Waals surface area contributed by atoms with Crippen LogP contribution in [0.1, 0.15) is 23.3 Å². The fourth-order valence-corrected chi connectivity index (χ4v) is 2.92. The lowest BCUT2D eigenvalue weighted by Gasteiger charge is -2.20. The molecule has 2 aromatic heterocycles. The minimum absolute atomic E-state index is 0.178. The molecule has 3 amide bonds. The summed E-state index contributed by atoms with van der Waals surface area (Å²) in [5, 5.41) is 5.48. The molecule has 3 rings (SSSR count). The predicted octanol–water partition coefficient (Wildman–Crippen LogP) is 1.81. The van der Waals surface area contributed by atoms with Crippen LogP contribution in [-0.4, -0.2) is 26.8 Å². The van der Waals surface area contributed by atoms with E-state index in [1.165, 1.54) is 16.2 Å². The van der Waals surface area contributed by atoms with Gasteiger partial charge in [0.25, 0.3) is 5.91 Å². The summed E-state index contributed by atoms with van der Waals surface area (Å²) in [4.78, 5) is 34.4. The van der Waals surface area contributed by atoms with E-state index in [2.05, 4.69) is 15.3 Å². The van der Waals surface area contributed by atoms with Crippen LogP contribution in [0, 0.1) is 6.92 Å². The number of hydrogen-bond acceptors (Lipinski definition) is 5. The number of nitrogens with one attached hydrogen (secondary N) is 1. The Bertz CT molecular complexity index is 700. The smallest absolute Gasteiger partial charge is 0.318 e. The number of urea groups is 1. The highest BCUT2D eigenvalue weighted by Crippen LogP contribution is 2.28. The first-order chi connectivity index (χ1) is 10.0. The molecule has 2 aromatic rings. The second-order valence-corrected chi connectivity index (χ2v) is 6.08. The fraction of sp³-hybridized carbons (Fsp3) is 0.286. The number of pyridine rings is 1. The molecule has 1 atom stereocenters. The first-order valence-corrected chi connectivity index (χ1v) is 7.35. The summed E-state index contributed by atoms with van der Waals surface area (Å²) in [5.41, 5.74) is 0.121. The first-order valence-electron chi connectivity index (χ1n) is 6.47. The van der Waals surface area contributed by atoms with Gasteiger partial charge in [-0.05, 0) is 26.0 Å². The van der Waals surface area contributed by atoms with E-state index in [0.29, 0.717) is 11.4 Å². The topological polar surface area (TPSA) is 75.2 Å². The molecular formula is C14H14N4O2S. The Morgan fingerprint density at radius 2 is 2.19 bits per heavy atom. The van der Waals surface area contributed by atoms with Gasteiger partial charge in [0.15, 0.2) is 5.54 Å². The van der Waals surface area contributed by atoms with Crippen LogP contribution in [0.25, 0.3) is 0 Å². The van der Waals surface area contributed by atoms with Crippen molar-refractivity contribution in [3.8, 4) is 0 Å². The standard InChI is InChI=1S/C14H14N4O2S/c1-9-16-10(8-21-9)7-18-12(19)14(2,17-13(18)20)11-5-3-4-6-15-11/h3-6,8H,7H2,1-2H3,(H,17,20)/t14-/m0/s1. The summed E-state index contributed by atoms with van der Waals surface area (Å²) >= 11 is 1.49. The molecular weight excluding hydrogens is 288 g/mol. The minimum atomic E-state index is -1.12. The molecule has 0 radical (unpaired) electrons. The fourth-order valence-electron chi connectivity index (χ4n) is 2.32. The maximum Gasteiger partial charge on any atom is 0.325 e. The zero-order valence-electron chi connectivity index (χ0n) is 11.7. The minimum Gasteiger partial charge on any atom is -0.318 e. The normalized spacial score (nSPS) is 21.7. The second kappa shape index (κ2) is 4.92. The number of nitrogens with zero attached hydrogens (tertiary/aromatic N) is 3. The highest BCUT2D eigenvalue weighted by molar-refractivity contribution is 7.09. The number of carbonyl (C=O) groups is 2. The molecule has 1 N–H and O–H groups in total. The van der Waals surface area contributed by atoms with E-state index in [1.807, 2.05) is 12.3 Å². The van der Waals surface area contributed by atoms with Crippen molar-refractivity contribution in [3.05, 3.63) is 46.2 Å². The lowest BCUT2D eigenvalue weighted by Crippen LogP contribution is -2.41. The van der Waals surface area contributed by atoms with Crippen LogP contribution in [0.15, 0.2) is 29.8 Å². The molecule has 1 saturated heterocycles. The molecule has 0 bridgehead atoms. The van der Waals surface area contributed by atoms with Gasteiger partial charge in [-0.3, -0.25) is 14.7 Å². The quantitative estimate of drug-likeness (QED) is 0.877. The molecule has 1 aliphatic rings. The zero-order valence-corrected chi connectivity index (χ0v) is 12.5. The van der Waals surface area contributed by atoms with E-state index >= 15 is 0 Å². The number of carbonyl (C=O) groups excluding carboxylic acids is 2. The maximum absolute atomic E-state index is 12.6. The van der Waals surface area contributed by atoms with Crippen molar-refractivity contribution < 1.29 is 9.59 Å². The van der Waals surface area contributed by atoms with E-state index in [1.54, 1.807) is 31.3 Å². The Hall–Kier alpha value is -2.28. The van der Waals surface area contributed by atoms with E-state index in [4.69, 9.17) is 0 Å². The summed E-state index contributed by atoms with van der Waals surface area (Å²) < 4.78 is 0. The molecule has 0 aliphatic carbocycles. The molecule has 6 nitrogen and oxygen atoms in total. The molecule has 0 unspecified atom stereocenters. The van der Waals surface area contributed by atoms with Crippen LogP contribution in [0.3, 0.4) is 0 Å². The van der Waals surface area contributed by atoms with Gasteiger partial charge in [-0.25, -0.2) is 9.78 Å². The summed E-state index contributed by atoms with van der Waals surface area (Å²) in [6.45, 7) is 3.73. The van der Waals surface area contributed by atoms with Crippen molar-refractivity contribution >= 4 is 23.3 Å². The molecule has 0 spiro atoms.